The summed E-state index contributed by atoms with van der Waals surface area (Å²) in [5, 5.41) is 7.76. The second kappa shape index (κ2) is 5.11. The Bertz CT molecular complexity index is 675. The molecule has 0 bridgehead atoms. The summed E-state index contributed by atoms with van der Waals surface area (Å²) in [7, 11) is 0. The molecule has 1 heterocycles. The van der Waals surface area contributed by atoms with Gasteiger partial charge in [-0.05, 0) is 10.8 Å². The van der Waals surface area contributed by atoms with Gasteiger partial charge in [0.05, 0.1) is 12.0 Å². The molecule has 0 N–H and O–H groups in total. The number of nitrogens with zero attached hydrogens (tertiary/aromatic N) is 2. The van der Waals surface area contributed by atoms with E-state index in [1.165, 1.54) is 16.8 Å². The molecule has 1 aliphatic rings. The summed E-state index contributed by atoms with van der Waals surface area (Å²) in [4.78, 5) is 11.6. The van der Waals surface area contributed by atoms with Crippen LogP contribution in [-0.4, -0.2) is 27.2 Å². The maximum Gasteiger partial charge on any atom is 0.259 e. The largest absolute Gasteiger partial charge is 0.272 e. The van der Waals surface area contributed by atoms with Crippen molar-refractivity contribution >= 4 is 51.2 Å². The number of hydrogen-bond donors (Lipinski definition) is 0. The normalized spacial score (nSPS) is 15.9. The Hall–Kier alpha value is -1.72. The molecule has 94 valence electrons. The Morgan fingerprint density at radius 1 is 1.21 bits per heavy atom. The third-order valence-corrected chi connectivity index (χ3v) is 4.20. The molecule has 0 aliphatic carbocycles. The van der Waals surface area contributed by atoms with Crippen molar-refractivity contribution in [2.45, 2.75) is 0 Å². The standard InChI is InChI=1S/C14H10N2OS2/c17-13-9-19-14(18)16(13)15-8-11-6-3-5-10-4-1-2-7-12(10)11/h1-8H,9H2/b15-8-. The minimum absolute atomic E-state index is 0.0634. The highest BCUT2D eigenvalue weighted by atomic mass is 32.2. The minimum Gasteiger partial charge on any atom is -0.272 e. The number of thiocarbonyl (C=S) groups is 1. The number of hydrogen-bond acceptors (Lipinski definition) is 4. The molecular formula is C14H10N2OS2. The van der Waals surface area contributed by atoms with Crippen LogP contribution in [0.1, 0.15) is 5.56 Å². The molecule has 0 atom stereocenters. The van der Waals surface area contributed by atoms with Gasteiger partial charge in [0.25, 0.3) is 5.91 Å². The van der Waals surface area contributed by atoms with Crippen molar-refractivity contribution in [3.8, 4) is 0 Å². The molecule has 1 aliphatic heterocycles. The van der Waals surface area contributed by atoms with E-state index in [0.29, 0.717) is 10.1 Å². The quantitative estimate of drug-likeness (QED) is 0.628. The van der Waals surface area contributed by atoms with Crippen molar-refractivity contribution in [2.75, 3.05) is 5.75 Å². The molecule has 3 nitrogen and oxygen atoms in total. The Balaban J connectivity index is 1.97. The van der Waals surface area contributed by atoms with E-state index in [2.05, 4.69) is 5.10 Å². The van der Waals surface area contributed by atoms with Crippen molar-refractivity contribution in [2.24, 2.45) is 5.10 Å². The fourth-order valence-corrected chi connectivity index (χ4v) is 2.91. The number of hydrazone groups is 1. The van der Waals surface area contributed by atoms with Gasteiger partial charge in [0, 0.05) is 5.56 Å². The molecule has 0 spiro atoms. The summed E-state index contributed by atoms with van der Waals surface area (Å²) in [5.41, 5.74) is 0.977. The number of rotatable bonds is 2. The maximum atomic E-state index is 11.6. The maximum absolute atomic E-state index is 11.6. The molecule has 0 unspecified atom stereocenters. The molecule has 2 aromatic carbocycles. The van der Waals surface area contributed by atoms with Crippen LogP contribution in [0.2, 0.25) is 0 Å². The molecule has 1 amide bonds. The van der Waals surface area contributed by atoms with Crippen molar-refractivity contribution in [3.63, 3.8) is 0 Å². The van der Waals surface area contributed by atoms with Crippen LogP contribution < -0.4 is 0 Å². The first kappa shape index (κ1) is 12.3. The molecular weight excluding hydrogens is 276 g/mol. The van der Waals surface area contributed by atoms with Crippen molar-refractivity contribution in [1.82, 2.24) is 5.01 Å². The summed E-state index contributed by atoms with van der Waals surface area (Å²) < 4.78 is 0.515. The van der Waals surface area contributed by atoms with Crippen molar-refractivity contribution < 1.29 is 4.79 Å². The van der Waals surface area contributed by atoms with E-state index in [-0.39, 0.29) is 5.91 Å². The number of carbonyl (C=O) groups is 1. The lowest BCUT2D eigenvalue weighted by Gasteiger charge is -2.07. The van der Waals surface area contributed by atoms with E-state index < -0.39 is 0 Å². The zero-order valence-corrected chi connectivity index (χ0v) is 11.6. The predicted molar refractivity (Wildman–Crippen MR) is 83.4 cm³/mol. The lowest BCUT2D eigenvalue weighted by molar-refractivity contribution is -0.123. The van der Waals surface area contributed by atoms with Gasteiger partial charge in [-0.3, -0.25) is 4.79 Å². The summed E-state index contributed by atoms with van der Waals surface area (Å²) in [6.07, 6.45) is 1.69. The predicted octanol–water partition coefficient (Wildman–Crippen LogP) is 3.03. The Morgan fingerprint density at radius 3 is 2.79 bits per heavy atom. The van der Waals surface area contributed by atoms with Gasteiger partial charge in [0.15, 0.2) is 4.32 Å². The smallest absolute Gasteiger partial charge is 0.259 e. The average molecular weight is 286 g/mol. The monoisotopic (exact) mass is 286 g/mol. The average Bonchev–Trinajstić information content (AvgIpc) is 2.76. The van der Waals surface area contributed by atoms with Gasteiger partial charge in [-0.1, -0.05) is 66.4 Å². The van der Waals surface area contributed by atoms with Crippen LogP contribution in [0.4, 0.5) is 0 Å². The van der Waals surface area contributed by atoms with Gasteiger partial charge in [0.2, 0.25) is 0 Å². The summed E-state index contributed by atoms with van der Waals surface area (Å²) in [5.74, 6) is 0.317. The van der Waals surface area contributed by atoms with E-state index in [1.807, 2.05) is 42.5 Å². The van der Waals surface area contributed by atoms with Crippen LogP contribution in [0.25, 0.3) is 10.8 Å². The lowest BCUT2D eigenvalue weighted by atomic mass is 10.1. The number of carbonyl (C=O) groups excluding carboxylic acids is 1. The van der Waals surface area contributed by atoms with Gasteiger partial charge in [-0.25, -0.2) is 0 Å². The molecule has 1 fully saturated rings. The molecule has 2 aromatic rings. The van der Waals surface area contributed by atoms with E-state index in [4.69, 9.17) is 12.2 Å². The molecule has 1 saturated heterocycles. The summed E-state index contributed by atoms with van der Waals surface area (Å²) >= 11 is 6.43. The third-order valence-electron chi connectivity index (χ3n) is 2.86. The van der Waals surface area contributed by atoms with E-state index in [9.17, 15) is 4.79 Å². The van der Waals surface area contributed by atoms with Crippen LogP contribution in [-0.2, 0) is 4.79 Å². The molecule has 0 saturated carbocycles. The fraction of sp³-hybridized carbons (Fsp3) is 0.0714. The zero-order chi connectivity index (χ0) is 13.2. The van der Waals surface area contributed by atoms with Crippen molar-refractivity contribution in [3.05, 3.63) is 48.0 Å². The summed E-state index contributed by atoms with van der Waals surface area (Å²) in [6, 6.07) is 14.1. The molecule has 0 radical (unpaired) electrons. The Kier molecular flexibility index (Phi) is 3.31. The van der Waals surface area contributed by atoms with Gasteiger partial charge in [-0.2, -0.15) is 10.1 Å². The van der Waals surface area contributed by atoms with Crippen LogP contribution >= 0.6 is 24.0 Å². The topological polar surface area (TPSA) is 32.7 Å². The third kappa shape index (κ3) is 2.39. The SMILES string of the molecule is O=C1CSC(=S)N1/N=C\c1cccc2ccccc12. The number of thioether (sulfide) groups is 1. The van der Waals surface area contributed by atoms with Gasteiger partial charge in [-0.15, -0.1) is 0 Å². The van der Waals surface area contributed by atoms with Crippen LogP contribution in [0.3, 0.4) is 0 Å². The highest BCUT2D eigenvalue weighted by molar-refractivity contribution is 8.23. The highest BCUT2D eigenvalue weighted by Crippen LogP contribution is 2.20. The van der Waals surface area contributed by atoms with E-state index in [1.54, 1.807) is 6.21 Å². The number of amides is 1. The molecule has 0 aromatic heterocycles. The second-order valence-electron chi connectivity index (χ2n) is 4.07. The highest BCUT2D eigenvalue weighted by Gasteiger charge is 2.25. The van der Waals surface area contributed by atoms with Gasteiger partial charge < -0.3 is 0 Å². The van der Waals surface area contributed by atoms with Crippen molar-refractivity contribution in [1.29, 1.82) is 0 Å². The molecule has 19 heavy (non-hydrogen) atoms. The first-order valence-corrected chi connectivity index (χ1v) is 7.16. The van der Waals surface area contributed by atoms with E-state index >= 15 is 0 Å². The Labute approximate surface area is 120 Å². The Morgan fingerprint density at radius 2 is 2.00 bits per heavy atom. The number of benzene rings is 2. The first-order valence-electron chi connectivity index (χ1n) is 5.77. The van der Waals surface area contributed by atoms with E-state index in [0.717, 1.165) is 16.3 Å². The van der Waals surface area contributed by atoms with Crippen LogP contribution in [0.15, 0.2) is 47.6 Å². The lowest BCUT2D eigenvalue weighted by Crippen LogP contribution is -2.22. The zero-order valence-electron chi connectivity index (χ0n) is 9.95. The summed E-state index contributed by atoms with van der Waals surface area (Å²) in [6.45, 7) is 0. The molecule has 5 heteroatoms. The van der Waals surface area contributed by atoms with Crippen LogP contribution in [0, 0.1) is 0 Å². The van der Waals surface area contributed by atoms with Crippen LogP contribution in [0.5, 0.6) is 0 Å². The minimum atomic E-state index is -0.0634. The first-order chi connectivity index (χ1) is 9.25. The van der Waals surface area contributed by atoms with Gasteiger partial charge in [0.1, 0.15) is 0 Å². The second-order valence-corrected chi connectivity index (χ2v) is 5.68. The number of fused-ring (bicyclic) bond motifs is 1. The van der Waals surface area contributed by atoms with Gasteiger partial charge >= 0.3 is 0 Å². The molecule has 3 rings (SSSR count). The fourth-order valence-electron chi connectivity index (χ4n) is 1.94.